The summed E-state index contributed by atoms with van der Waals surface area (Å²) in [5.41, 5.74) is 3.08. The van der Waals surface area contributed by atoms with Gasteiger partial charge in [-0.3, -0.25) is 4.79 Å². The lowest BCUT2D eigenvalue weighted by Gasteiger charge is -2.27. The highest BCUT2D eigenvalue weighted by atomic mass is 32.2. The molecule has 0 saturated heterocycles. The van der Waals surface area contributed by atoms with Crippen molar-refractivity contribution in [3.8, 4) is 17.2 Å². The van der Waals surface area contributed by atoms with Gasteiger partial charge in [-0.25, -0.2) is 17.1 Å². The van der Waals surface area contributed by atoms with Crippen LogP contribution in [0.15, 0.2) is 71.4 Å². The number of likely N-dealkylation sites (N-methyl/N-ethyl adjacent to an activating group) is 1. The largest absolute Gasteiger partial charge is 0.373 e. The average Bonchev–Trinajstić information content (AvgIpc) is 2.83. The highest BCUT2D eigenvalue weighted by Gasteiger charge is 2.30. The first kappa shape index (κ1) is 25.6. The molecule has 182 valence electrons. The van der Waals surface area contributed by atoms with E-state index in [1.165, 1.54) is 19.2 Å². The Morgan fingerprint density at radius 1 is 1.29 bits per heavy atom. The fourth-order valence-corrected chi connectivity index (χ4v) is 4.25. The summed E-state index contributed by atoms with van der Waals surface area (Å²) in [5.74, 6) is 4.09. The zero-order valence-corrected chi connectivity index (χ0v) is 20.4. The number of nitrogens with two attached hydrogens (primary N) is 1. The molecule has 0 aromatic heterocycles. The summed E-state index contributed by atoms with van der Waals surface area (Å²) in [5, 5.41) is 16.2. The molecule has 3 rings (SSSR count). The molecule has 0 radical (unpaired) electrons. The Balaban J connectivity index is 1.91. The molecule has 2 aromatic carbocycles. The van der Waals surface area contributed by atoms with Gasteiger partial charge >= 0.3 is 0 Å². The van der Waals surface area contributed by atoms with Crippen molar-refractivity contribution in [3.63, 3.8) is 0 Å². The predicted molar refractivity (Wildman–Crippen MR) is 134 cm³/mol. The van der Waals surface area contributed by atoms with E-state index in [2.05, 4.69) is 10.4 Å². The van der Waals surface area contributed by atoms with Crippen molar-refractivity contribution < 1.29 is 17.6 Å². The number of anilines is 1. The summed E-state index contributed by atoms with van der Waals surface area (Å²) < 4.78 is 38.8. The molecule has 2 atom stereocenters. The first-order valence-electron chi connectivity index (χ1n) is 10.7. The first-order chi connectivity index (χ1) is 16.6. The second-order valence-corrected chi connectivity index (χ2v) is 10.2. The smallest absolute Gasteiger partial charge is 0.258 e. The minimum absolute atomic E-state index is 0.0558. The molecular formula is C25H26FN5O3S. The van der Waals surface area contributed by atoms with E-state index in [1.807, 2.05) is 19.1 Å². The number of hydrogen-bond acceptors (Lipinski definition) is 7. The molecule has 0 fully saturated rings. The number of nitriles is 1. The van der Waals surface area contributed by atoms with E-state index < -0.39 is 27.8 Å². The number of carbonyl (C=O) groups excluding carboxylic acids is 1. The van der Waals surface area contributed by atoms with Gasteiger partial charge in [0, 0.05) is 24.2 Å². The Morgan fingerprint density at radius 2 is 1.97 bits per heavy atom. The topological polar surface area (TPSA) is 129 Å². The van der Waals surface area contributed by atoms with Crippen molar-refractivity contribution in [2.24, 2.45) is 16.9 Å². The van der Waals surface area contributed by atoms with Crippen LogP contribution in [0.25, 0.3) is 11.1 Å². The minimum Gasteiger partial charge on any atom is -0.373 e. The molecule has 1 aliphatic carbocycles. The van der Waals surface area contributed by atoms with Crippen molar-refractivity contribution in [2.45, 2.75) is 19.4 Å². The van der Waals surface area contributed by atoms with E-state index in [1.54, 1.807) is 42.5 Å². The Hall–Kier alpha value is -3.97. The number of nitrogens with zero attached hydrogens (tertiary/aromatic N) is 3. The SMILES string of the molecule is CC1C(C[C@H](Nc2ccc(-c3cccc(F)c3C#N)cc2)C(=O)N(C)S(C)(=O)=O)=CC=CC1=NN. The molecule has 35 heavy (non-hydrogen) atoms. The molecule has 0 spiro atoms. The summed E-state index contributed by atoms with van der Waals surface area (Å²) in [4.78, 5) is 13.1. The molecule has 10 heteroatoms. The lowest BCUT2D eigenvalue weighted by atomic mass is 9.87. The molecular weight excluding hydrogens is 469 g/mol. The van der Waals surface area contributed by atoms with Gasteiger partial charge in [-0.15, -0.1) is 0 Å². The molecule has 0 bridgehead atoms. The standard InChI is InChI=1S/C25H26FN5O3S/c1-16-18(6-4-9-23(16)30-28)14-24(25(32)31(2)35(3,33)34)29-19-12-10-17(11-13-19)20-7-5-8-22(26)21(20)15-27/h4-13,16,24,29H,14,28H2,1-3H3/t16?,24-/m0/s1. The second kappa shape index (κ2) is 10.5. The normalized spacial score (nSPS) is 17.4. The van der Waals surface area contributed by atoms with E-state index >= 15 is 0 Å². The third kappa shape index (κ3) is 5.75. The highest BCUT2D eigenvalue weighted by molar-refractivity contribution is 7.88. The fourth-order valence-electron chi connectivity index (χ4n) is 3.79. The van der Waals surface area contributed by atoms with E-state index in [9.17, 15) is 22.9 Å². The monoisotopic (exact) mass is 495 g/mol. The molecule has 1 unspecified atom stereocenters. The zero-order valence-electron chi connectivity index (χ0n) is 19.6. The van der Waals surface area contributed by atoms with E-state index in [0.29, 0.717) is 26.8 Å². The van der Waals surface area contributed by atoms with Crippen LogP contribution in [0.4, 0.5) is 10.1 Å². The van der Waals surface area contributed by atoms with Gasteiger partial charge in [0.2, 0.25) is 10.0 Å². The molecule has 0 aliphatic heterocycles. The Kier molecular flexibility index (Phi) is 7.71. The average molecular weight is 496 g/mol. The number of hydrogen-bond donors (Lipinski definition) is 2. The number of nitrogens with one attached hydrogen (secondary N) is 1. The van der Waals surface area contributed by atoms with Gasteiger partial charge in [-0.2, -0.15) is 10.4 Å². The molecule has 0 saturated carbocycles. The molecule has 2 aromatic rings. The number of amides is 1. The van der Waals surface area contributed by atoms with E-state index in [0.717, 1.165) is 11.8 Å². The van der Waals surface area contributed by atoms with Crippen LogP contribution in [0.3, 0.4) is 0 Å². The minimum atomic E-state index is -3.76. The van der Waals surface area contributed by atoms with E-state index in [-0.39, 0.29) is 17.9 Å². The molecule has 1 amide bonds. The lowest BCUT2D eigenvalue weighted by molar-refractivity contribution is -0.126. The summed E-state index contributed by atoms with van der Waals surface area (Å²) in [7, 11) is -2.55. The van der Waals surface area contributed by atoms with Crippen molar-refractivity contribution in [2.75, 3.05) is 18.6 Å². The van der Waals surface area contributed by atoms with Crippen LogP contribution in [0.2, 0.25) is 0 Å². The Bertz CT molecular complexity index is 1360. The summed E-state index contributed by atoms with van der Waals surface area (Å²) in [6.45, 7) is 1.91. The van der Waals surface area contributed by atoms with Gasteiger partial charge in [0.15, 0.2) is 0 Å². The van der Waals surface area contributed by atoms with Crippen molar-refractivity contribution in [1.29, 1.82) is 5.26 Å². The number of benzene rings is 2. The Morgan fingerprint density at radius 3 is 2.57 bits per heavy atom. The van der Waals surface area contributed by atoms with Crippen molar-refractivity contribution >= 4 is 27.3 Å². The quantitative estimate of drug-likeness (QED) is 0.447. The number of sulfonamides is 1. The maximum absolute atomic E-state index is 14.0. The predicted octanol–water partition coefficient (Wildman–Crippen LogP) is 3.40. The van der Waals surface area contributed by atoms with Crippen LogP contribution in [-0.4, -0.2) is 43.7 Å². The van der Waals surface area contributed by atoms with Gasteiger partial charge in [-0.05, 0) is 36.3 Å². The maximum atomic E-state index is 14.0. The number of hydrazone groups is 1. The van der Waals surface area contributed by atoms with Gasteiger partial charge in [0.05, 0.1) is 17.5 Å². The van der Waals surface area contributed by atoms with Crippen LogP contribution in [0.1, 0.15) is 18.9 Å². The van der Waals surface area contributed by atoms with Crippen molar-refractivity contribution in [3.05, 3.63) is 77.6 Å². The fraction of sp³-hybridized carbons (Fsp3) is 0.240. The molecule has 8 nitrogen and oxygen atoms in total. The van der Waals surface area contributed by atoms with Crippen molar-refractivity contribution in [1.82, 2.24) is 4.31 Å². The number of rotatable bonds is 7. The second-order valence-electron chi connectivity index (χ2n) is 8.20. The van der Waals surface area contributed by atoms with Crippen LogP contribution in [-0.2, 0) is 14.8 Å². The summed E-state index contributed by atoms with van der Waals surface area (Å²) in [6.07, 6.45) is 6.60. The number of carbonyl (C=O) groups is 1. The van der Waals surface area contributed by atoms with Gasteiger partial charge < -0.3 is 11.2 Å². The van der Waals surface area contributed by atoms with Gasteiger partial charge in [0.1, 0.15) is 17.9 Å². The molecule has 1 aliphatic rings. The highest BCUT2D eigenvalue weighted by Crippen LogP contribution is 2.28. The third-order valence-electron chi connectivity index (χ3n) is 5.93. The molecule has 0 heterocycles. The first-order valence-corrected chi connectivity index (χ1v) is 12.6. The number of allylic oxidation sites excluding steroid dienone is 3. The van der Waals surface area contributed by atoms with Crippen LogP contribution >= 0.6 is 0 Å². The van der Waals surface area contributed by atoms with Crippen LogP contribution in [0, 0.1) is 23.1 Å². The van der Waals surface area contributed by atoms with E-state index in [4.69, 9.17) is 5.84 Å². The van der Waals surface area contributed by atoms with Gasteiger partial charge in [-0.1, -0.05) is 48.9 Å². The van der Waals surface area contributed by atoms with Crippen LogP contribution < -0.4 is 11.2 Å². The summed E-state index contributed by atoms with van der Waals surface area (Å²) in [6, 6.07) is 12.2. The van der Waals surface area contributed by atoms with Gasteiger partial charge in [0.25, 0.3) is 5.91 Å². The zero-order chi connectivity index (χ0) is 25.8. The third-order valence-corrected chi connectivity index (χ3v) is 7.11. The lowest BCUT2D eigenvalue weighted by Crippen LogP contribution is -2.44. The Labute approximate surface area is 204 Å². The summed E-state index contributed by atoms with van der Waals surface area (Å²) >= 11 is 0. The maximum Gasteiger partial charge on any atom is 0.258 e. The number of halogens is 1. The van der Waals surface area contributed by atoms with Crippen LogP contribution in [0.5, 0.6) is 0 Å². The molecule has 3 N–H and O–H groups in total.